The highest BCUT2D eigenvalue weighted by atomic mass is 19.3. The average Bonchev–Trinajstić information content (AvgIpc) is 3.19. The lowest BCUT2D eigenvalue weighted by molar-refractivity contribution is 0.0708. The van der Waals surface area contributed by atoms with Crippen LogP contribution in [0.15, 0.2) is 47.5 Å². The molecule has 1 amide bonds. The molecule has 1 atom stereocenters. The number of para-hydroxylation sites is 1. The van der Waals surface area contributed by atoms with Crippen molar-refractivity contribution in [2.24, 2.45) is 0 Å². The number of alkyl halides is 2. The Hall–Kier alpha value is -3.23. The molecule has 1 unspecified atom stereocenters. The van der Waals surface area contributed by atoms with E-state index in [9.17, 15) is 18.4 Å². The first-order valence-corrected chi connectivity index (χ1v) is 8.92. The van der Waals surface area contributed by atoms with Gasteiger partial charge in [-0.25, -0.2) is 23.7 Å². The SMILES string of the molecule is O=C(c1ncccn1)N1CCCC1c1nc2ccccc2c(=O)n1CC(F)F. The molecule has 4 rings (SSSR count). The Kier molecular flexibility index (Phi) is 4.81. The first-order chi connectivity index (χ1) is 13.6. The minimum absolute atomic E-state index is 0.0259. The molecule has 0 aliphatic carbocycles. The number of aromatic nitrogens is 4. The Bertz CT molecular complexity index is 1070. The van der Waals surface area contributed by atoms with Gasteiger partial charge in [0.15, 0.2) is 0 Å². The molecule has 1 fully saturated rings. The Labute approximate surface area is 158 Å². The third-order valence-corrected chi connectivity index (χ3v) is 4.78. The molecule has 0 radical (unpaired) electrons. The quantitative estimate of drug-likeness (QED) is 0.689. The Balaban J connectivity index is 1.82. The zero-order valence-electron chi connectivity index (χ0n) is 14.8. The van der Waals surface area contributed by atoms with Crippen LogP contribution in [-0.2, 0) is 6.54 Å². The average molecular weight is 385 g/mol. The van der Waals surface area contributed by atoms with Gasteiger partial charge in [0.2, 0.25) is 5.82 Å². The molecular weight excluding hydrogens is 368 g/mol. The largest absolute Gasteiger partial charge is 0.326 e. The van der Waals surface area contributed by atoms with Crippen LogP contribution < -0.4 is 5.56 Å². The number of fused-ring (bicyclic) bond motifs is 1. The second kappa shape index (κ2) is 7.41. The first-order valence-electron chi connectivity index (χ1n) is 8.92. The van der Waals surface area contributed by atoms with E-state index >= 15 is 0 Å². The number of carbonyl (C=O) groups excluding carboxylic acids is 1. The Morgan fingerprint density at radius 2 is 1.93 bits per heavy atom. The fourth-order valence-electron chi connectivity index (χ4n) is 3.57. The van der Waals surface area contributed by atoms with Crippen LogP contribution in [0.2, 0.25) is 0 Å². The van der Waals surface area contributed by atoms with Gasteiger partial charge in [0.1, 0.15) is 5.82 Å². The maximum absolute atomic E-state index is 13.2. The molecule has 3 aromatic rings. The lowest BCUT2D eigenvalue weighted by Crippen LogP contribution is -2.37. The highest BCUT2D eigenvalue weighted by Gasteiger charge is 2.35. The molecule has 0 spiro atoms. The number of likely N-dealkylation sites (tertiary alicyclic amines) is 1. The molecule has 3 heterocycles. The van der Waals surface area contributed by atoms with Crippen molar-refractivity contribution in [2.75, 3.05) is 6.54 Å². The van der Waals surface area contributed by atoms with Crippen molar-refractivity contribution in [3.05, 3.63) is 64.7 Å². The van der Waals surface area contributed by atoms with Crippen molar-refractivity contribution < 1.29 is 13.6 Å². The summed E-state index contributed by atoms with van der Waals surface area (Å²) in [6.07, 6.45) is 1.40. The summed E-state index contributed by atoms with van der Waals surface area (Å²) in [6, 6.07) is 7.62. The summed E-state index contributed by atoms with van der Waals surface area (Å²) in [7, 11) is 0. The summed E-state index contributed by atoms with van der Waals surface area (Å²) in [5.74, 6) is -0.210. The highest BCUT2D eigenvalue weighted by Crippen LogP contribution is 2.32. The lowest BCUT2D eigenvalue weighted by Gasteiger charge is -2.26. The summed E-state index contributed by atoms with van der Waals surface area (Å²) in [5.41, 5.74) is -0.112. The second-order valence-corrected chi connectivity index (χ2v) is 6.52. The normalized spacial score (nSPS) is 16.8. The molecule has 144 valence electrons. The molecule has 0 saturated carbocycles. The van der Waals surface area contributed by atoms with Crippen molar-refractivity contribution in [1.82, 2.24) is 24.4 Å². The number of amides is 1. The molecular formula is C19H17F2N5O2. The first kappa shape index (κ1) is 18.1. The number of carbonyl (C=O) groups is 1. The summed E-state index contributed by atoms with van der Waals surface area (Å²) in [5, 5.41) is 0.272. The number of halogens is 2. The Morgan fingerprint density at radius 3 is 2.68 bits per heavy atom. The maximum atomic E-state index is 13.2. The number of benzene rings is 1. The Morgan fingerprint density at radius 1 is 1.18 bits per heavy atom. The molecule has 0 N–H and O–H groups in total. The molecule has 1 aromatic carbocycles. The molecule has 7 nitrogen and oxygen atoms in total. The van der Waals surface area contributed by atoms with E-state index in [0.29, 0.717) is 24.9 Å². The predicted octanol–water partition coefficient (Wildman–Crippen LogP) is 2.43. The van der Waals surface area contributed by atoms with Crippen LogP contribution in [0.1, 0.15) is 35.3 Å². The van der Waals surface area contributed by atoms with Crippen LogP contribution in [0.5, 0.6) is 0 Å². The molecule has 1 saturated heterocycles. The van der Waals surface area contributed by atoms with Crippen molar-refractivity contribution in [3.8, 4) is 0 Å². The van der Waals surface area contributed by atoms with E-state index < -0.39 is 30.5 Å². The number of hydrogen-bond donors (Lipinski definition) is 0. The topological polar surface area (TPSA) is 81.0 Å². The molecule has 2 aromatic heterocycles. The van der Waals surface area contributed by atoms with E-state index in [2.05, 4.69) is 15.0 Å². The van der Waals surface area contributed by atoms with Crippen LogP contribution in [0.4, 0.5) is 8.78 Å². The predicted molar refractivity (Wildman–Crippen MR) is 97.1 cm³/mol. The molecule has 9 heteroatoms. The number of hydrogen-bond acceptors (Lipinski definition) is 5. The van der Waals surface area contributed by atoms with E-state index in [0.717, 1.165) is 4.57 Å². The van der Waals surface area contributed by atoms with Crippen molar-refractivity contribution in [3.63, 3.8) is 0 Å². The van der Waals surface area contributed by atoms with Gasteiger partial charge in [-0.05, 0) is 31.0 Å². The van der Waals surface area contributed by atoms with Crippen LogP contribution in [0, 0.1) is 0 Å². The van der Waals surface area contributed by atoms with Gasteiger partial charge in [0.05, 0.1) is 23.5 Å². The van der Waals surface area contributed by atoms with Gasteiger partial charge in [-0.1, -0.05) is 12.1 Å². The van der Waals surface area contributed by atoms with Crippen molar-refractivity contribution >= 4 is 16.8 Å². The summed E-state index contributed by atoms with van der Waals surface area (Å²) in [4.78, 5) is 39.7. The maximum Gasteiger partial charge on any atom is 0.292 e. The van der Waals surface area contributed by atoms with Gasteiger partial charge in [0, 0.05) is 18.9 Å². The van der Waals surface area contributed by atoms with E-state index in [-0.39, 0.29) is 17.0 Å². The van der Waals surface area contributed by atoms with E-state index in [4.69, 9.17) is 0 Å². The lowest BCUT2D eigenvalue weighted by atomic mass is 10.1. The fourth-order valence-corrected chi connectivity index (χ4v) is 3.57. The van der Waals surface area contributed by atoms with Gasteiger partial charge in [0.25, 0.3) is 17.9 Å². The van der Waals surface area contributed by atoms with Crippen LogP contribution in [0.3, 0.4) is 0 Å². The second-order valence-electron chi connectivity index (χ2n) is 6.52. The minimum Gasteiger partial charge on any atom is -0.326 e. The van der Waals surface area contributed by atoms with E-state index in [1.165, 1.54) is 17.3 Å². The number of rotatable bonds is 4. The van der Waals surface area contributed by atoms with Gasteiger partial charge in [-0.15, -0.1) is 0 Å². The molecule has 1 aliphatic heterocycles. The molecule has 1 aliphatic rings. The van der Waals surface area contributed by atoms with Gasteiger partial charge in [-0.2, -0.15) is 0 Å². The number of nitrogens with zero attached hydrogens (tertiary/aromatic N) is 5. The van der Waals surface area contributed by atoms with Gasteiger partial charge in [-0.3, -0.25) is 14.2 Å². The van der Waals surface area contributed by atoms with E-state index in [1.807, 2.05) is 0 Å². The standard InChI is InChI=1S/C19H17F2N5O2/c20-15(21)11-26-17(24-13-6-2-1-5-12(13)18(26)27)14-7-3-10-25(14)19(28)16-22-8-4-9-23-16/h1-2,4-6,8-9,14-15H,3,7,10-11H2. The zero-order chi connectivity index (χ0) is 19.7. The van der Waals surface area contributed by atoms with Gasteiger partial charge < -0.3 is 4.90 Å². The van der Waals surface area contributed by atoms with Crippen molar-refractivity contribution in [2.45, 2.75) is 31.9 Å². The van der Waals surface area contributed by atoms with Crippen LogP contribution >= 0.6 is 0 Å². The zero-order valence-corrected chi connectivity index (χ0v) is 14.8. The summed E-state index contributed by atoms with van der Waals surface area (Å²) >= 11 is 0. The third kappa shape index (κ3) is 3.23. The minimum atomic E-state index is -2.72. The fraction of sp³-hybridized carbons (Fsp3) is 0.316. The third-order valence-electron chi connectivity index (χ3n) is 4.78. The smallest absolute Gasteiger partial charge is 0.292 e. The van der Waals surface area contributed by atoms with Gasteiger partial charge >= 0.3 is 0 Å². The molecule has 0 bridgehead atoms. The summed E-state index contributed by atoms with van der Waals surface area (Å²) in [6.45, 7) is -0.356. The van der Waals surface area contributed by atoms with E-state index in [1.54, 1.807) is 30.3 Å². The van der Waals surface area contributed by atoms with Crippen LogP contribution in [0.25, 0.3) is 10.9 Å². The summed E-state index contributed by atoms with van der Waals surface area (Å²) < 4.78 is 27.4. The van der Waals surface area contributed by atoms with Crippen LogP contribution in [-0.4, -0.2) is 43.3 Å². The highest BCUT2D eigenvalue weighted by molar-refractivity contribution is 5.91. The molecule has 28 heavy (non-hydrogen) atoms. The van der Waals surface area contributed by atoms with Crippen molar-refractivity contribution in [1.29, 1.82) is 0 Å². The monoisotopic (exact) mass is 385 g/mol.